The molecule has 1 unspecified atom stereocenters. The predicted molar refractivity (Wildman–Crippen MR) is 86.9 cm³/mol. The highest BCUT2D eigenvalue weighted by Gasteiger charge is 2.20. The molecule has 0 aliphatic carbocycles. The summed E-state index contributed by atoms with van der Waals surface area (Å²) in [6.07, 6.45) is 1.42. The molecule has 0 saturated carbocycles. The van der Waals surface area contributed by atoms with Crippen LogP contribution in [0.3, 0.4) is 0 Å². The first-order valence-corrected chi connectivity index (χ1v) is 7.58. The lowest BCUT2D eigenvalue weighted by atomic mass is 10.1. The van der Waals surface area contributed by atoms with E-state index in [9.17, 15) is 14.7 Å². The van der Waals surface area contributed by atoms with Crippen molar-refractivity contribution in [2.45, 2.75) is 13.0 Å². The summed E-state index contributed by atoms with van der Waals surface area (Å²) in [5.41, 5.74) is 1.07. The van der Waals surface area contributed by atoms with Gasteiger partial charge in [0.15, 0.2) is 17.2 Å². The van der Waals surface area contributed by atoms with Crippen molar-refractivity contribution in [1.82, 2.24) is 10.3 Å². The SMILES string of the molecule is CC(NC(=O)c1ncc(-c2ccc3c(c2)OCCO3)cc1O)C(=O)O. The van der Waals surface area contributed by atoms with Gasteiger partial charge >= 0.3 is 5.97 Å². The molecule has 130 valence electrons. The summed E-state index contributed by atoms with van der Waals surface area (Å²) in [5.74, 6) is -1.05. The van der Waals surface area contributed by atoms with Crippen molar-refractivity contribution in [3.05, 3.63) is 36.2 Å². The quantitative estimate of drug-likeness (QED) is 0.768. The van der Waals surface area contributed by atoms with Crippen molar-refractivity contribution in [2.75, 3.05) is 13.2 Å². The zero-order valence-electron chi connectivity index (χ0n) is 13.4. The standard InChI is InChI=1S/C17H16N2O6/c1-9(17(22)23)19-16(21)15-12(20)6-11(8-18-15)10-2-3-13-14(7-10)25-5-4-24-13/h2-3,6-9,20H,4-5H2,1H3,(H,19,21)(H,22,23). The maximum Gasteiger partial charge on any atom is 0.325 e. The number of carbonyl (C=O) groups is 2. The summed E-state index contributed by atoms with van der Waals surface area (Å²) in [5, 5.41) is 21.1. The molecule has 2 aromatic rings. The van der Waals surface area contributed by atoms with Crippen LogP contribution in [0.5, 0.6) is 17.2 Å². The van der Waals surface area contributed by atoms with E-state index >= 15 is 0 Å². The average molecular weight is 344 g/mol. The predicted octanol–water partition coefficient (Wildman–Crippen LogP) is 1.43. The highest BCUT2D eigenvalue weighted by molar-refractivity contribution is 5.97. The van der Waals surface area contributed by atoms with E-state index in [2.05, 4.69) is 10.3 Å². The molecule has 1 atom stereocenters. The van der Waals surface area contributed by atoms with Crippen LogP contribution in [0.15, 0.2) is 30.5 Å². The Morgan fingerprint density at radius 3 is 2.56 bits per heavy atom. The Morgan fingerprint density at radius 2 is 1.88 bits per heavy atom. The lowest BCUT2D eigenvalue weighted by Crippen LogP contribution is -2.38. The number of carboxylic acids is 1. The molecule has 1 amide bonds. The van der Waals surface area contributed by atoms with Gasteiger partial charge in [-0.3, -0.25) is 9.59 Å². The molecule has 1 aromatic carbocycles. The molecule has 0 saturated heterocycles. The van der Waals surface area contributed by atoms with Gasteiger partial charge in [-0.2, -0.15) is 0 Å². The number of rotatable bonds is 4. The minimum atomic E-state index is -1.18. The summed E-state index contributed by atoms with van der Waals surface area (Å²) in [7, 11) is 0. The number of carboxylic acid groups (broad SMARTS) is 1. The minimum Gasteiger partial charge on any atom is -0.505 e. The number of nitrogens with zero attached hydrogens (tertiary/aromatic N) is 1. The highest BCUT2D eigenvalue weighted by atomic mass is 16.6. The van der Waals surface area contributed by atoms with Crippen LogP contribution in [0, 0.1) is 0 Å². The Kier molecular flexibility index (Phi) is 4.42. The smallest absolute Gasteiger partial charge is 0.325 e. The molecule has 8 heteroatoms. The van der Waals surface area contributed by atoms with Gasteiger partial charge in [-0.15, -0.1) is 0 Å². The fourth-order valence-electron chi connectivity index (χ4n) is 2.34. The Labute approximate surface area is 143 Å². The second-order valence-corrected chi connectivity index (χ2v) is 5.48. The third-order valence-corrected chi connectivity index (χ3v) is 3.68. The van der Waals surface area contributed by atoms with Crippen molar-refractivity contribution in [1.29, 1.82) is 0 Å². The second kappa shape index (κ2) is 6.68. The molecule has 25 heavy (non-hydrogen) atoms. The number of ether oxygens (including phenoxy) is 2. The number of benzene rings is 1. The fourth-order valence-corrected chi connectivity index (χ4v) is 2.34. The van der Waals surface area contributed by atoms with Gasteiger partial charge in [0.25, 0.3) is 5.91 Å². The normalized spacial score (nSPS) is 13.8. The Morgan fingerprint density at radius 1 is 1.16 bits per heavy atom. The molecule has 3 N–H and O–H groups in total. The van der Waals surface area contributed by atoms with E-state index in [1.807, 2.05) is 0 Å². The molecule has 2 heterocycles. The van der Waals surface area contributed by atoms with Crippen LogP contribution in [-0.2, 0) is 4.79 Å². The largest absolute Gasteiger partial charge is 0.505 e. The van der Waals surface area contributed by atoms with E-state index < -0.39 is 17.9 Å². The van der Waals surface area contributed by atoms with Crippen molar-refractivity contribution < 1.29 is 29.3 Å². The van der Waals surface area contributed by atoms with Crippen LogP contribution < -0.4 is 14.8 Å². The molecular formula is C17H16N2O6. The zero-order valence-corrected chi connectivity index (χ0v) is 13.4. The molecule has 0 radical (unpaired) electrons. The topological polar surface area (TPSA) is 118 Å². The van der Waals surface area contributed by atoms with E-state index in [0.29, 0.717) is 30.3 Å². The van der Waals surface area contributed by atoms with Gasteiger partial charge in [0.2, 0.25) is 0 Å². The van der Waals surface area contributed by atoms with Gasteiger partial charge < -0.3 is 25.0 Å². The number of hydrogen-bond acceptors (Lipinski definition) is 6. The van der Waals surface area contributed by atoms with Gasteiger partial charge in [-0.05, 0) is 30.7 Å². The van der Waals surface area contributed by atoms with Crippen LogP contribution >= 0.6 is 0 Å². The van der Waals surface area contributed by atoms with E-state index in [0.717, 1.165) is 5.56 Å². The third-order valence-electron chi connectivity index (χ3n) is 3.68. The van der Waals surface area contributed by atoms with Crippen LogP contribution in [0.2, 0.25) is 0 Å². The second-order valence-electron chi connectivity index (χ2n) is 5.48. The number of fused-ring (bicyclic) bond motifs is 1. The Hall–Kier alpha value is -3.29. The van der Waals surface area contributed by atoms with Gasteiger partial charge in [0.1, 0.15) is 25.0 Å². The molecule has 1 aliphatic rings. The van der Waals surface area contributed by atoms with E-state index in [4.69, 9.17) is 14.6 Å². The first-order valence-electron chi connectivity index (χ1n) is 7.58. The van der Waals surface area contributed by atoms with Gasteiger partial charge in [-0.25, -0.2) is 4.98 Å². The van der Waals surface area contributed by atoms with E-state index in [-0.39, 0.29) is 11.4 Å². The van der Waals surface area contributed by atoms with Crippen LogP contribution in [0.1, 0.15) is 17.4 Å². The van der Waals surface area contributed by atoms with Crippen molar-refractivity contribution in [3.63, 3.8) is 0 Å². The average Bonchev–Trinajstić information content (AvgIpc) is 2.60. The summed E-state index contributed by atoms with van der Waals surface area (Å²) < 4.78 is 11.0. The molecule has 0 bridgehead atoms. The first kappa shape index (κ1) is 16.6. The molecule has 1 aliphatic heterocycles. The molecule has 8 nitrogen and oxygen atoms in total. The number of amides is 1. The lowest BCUT2D eigenvalue weighted by molar-refractivity contribution is -0.138. The van der Waals surface area contributed by atoms with E-state index in [1.54, 1.807) is 18.2 Å². The molecule has 1 aromatic heterocycles. The van der Waals surface area contributed by atoms with Gasteiger partial charge in [0, 0.05) is 11.8 Å². The third kappa shape index (κ3) is 3.47. The number of carbonyl (C=O) groups excluding carboxylic acids is 1. The van der Waals surface area contributed by atoms with Crippen LogP contribution in [0.25, 0.3) is 11.1 Å². The Bertz CT molecular complexity index is 836. The maximum absolute atomic E-state index is 12.0. The number of pyridine rings is 1. The van der Waals surface area contributed by atoms with Gasteiger partial charge in [-0.1, -0.05) is 6.07 Å². The monoisotopic (exact) mass is 344 g/mol. The van der Waals surface area contributed by atoms with Crippen molar-refractivity contribution in [3.8, 4) is 28.4 Å². The number of nitrogens with one attached hydrogen (secondary N) is 1. The molecule has 0 fully saturated rings. The summed E-state index contributed by atoms with van der Waals surface area (Å²) >= 11 is 0. The summed E-state index contributed by atoms with van der Waals surface area (Å²) in [4.78, 5) is 26.7. The highest BCUT2D eigenvalue weighted by Crippen LogP contribution is 2.35. The zero-order chi connectivity index (χ0) is 18.0. The maximum atomic E-state index is 12.0. The molecule has 3 rings (SSSR count). The van der Waals surface area contributed by atoms with Gasteiger partial charge in [0.05, 0.1) is 0 Å². The molecular weight excluding hydrogens is 328 g/mol. The number of aliphatic carboxylic acids is 1. The Balaban J connectivity index is 1.84. The number of aromatic nitrogens is 1. The van der Waals surface area contributed by atoms with Crippen LogP contribution in [-0.4, -0.2) is 46.3 Å². The summed E-state index contributed by atoms with van der Waals surface area (Å²) in [6, 6.07) is 5.61. The fraction of sp³-hybridized carbons (Fsp3) is 0.235. The van der Waals surface area contributed by atoms with Crippen LogP contribution in [0.4, 0.5) is 0 Å². The minimum absolute atomic E-state index is 0.241. The van der Waals surface area contributed by atoms with Crippen molar-refractivity contribution in [2.24, 2.45) is 0 Å². The number of hydrogen-bond donors (Lipinski definition) is 3. The summed E-state index contributed by atoms with van der Waals surface area (Å²) in [6.45, 7) is 2.27. The first-order chi connectivity index (χ1) is 12.0. The van der Waals surface area contributed by atoms with E-state index in [1.165, 1.54) is 19.2 Å². The lowest BCUT2D eigenvalue weighted by Gasteiger charge is -2.19. The number of aromatic hydroxyl groups is 1. The van der Waals surface area contributed by atoms with Crippen molar-refractivity contribution >= 4 is 11.9 Å². The molecule has 0 spiro atoms.